The topological polar surface area (TPSA) is 40.6 Å². The summed E-state index contributed by atoms with van der Waals surface area (Å²) in [6, 6.07) is 0.195. The first-order chi connectivity index (χ1) is 7.57. The second kappa shape index (κ2) is 5.87. The zero-order valence-electron chi connectivity index (χ0n) is 10.4. The fourth-order valence-corrected chi connectivity index (χ4v) is 2.37. The Kier molecular flexibility index (Phi) is 4.77. The van der Waals surface area contributed by atoms with Crippen molar-refractivity contribution in [3.05, 3.63) is 0 Å². The van der Waals surface area contributed by atoms with Crippen LogP contribution in [0.3, 0.4) is 0 Å². The standard InChI is InChI=1S/C12H21N2O2/c1-10(2)14(12(16)13(3)9-15)11-7-5-4-6-8-11/h10-11H,4-8H2,1-3H3. The Balaban J connectivity index is 2.72. The molecule has 0 unspecified atom stereocenters. The van der Waals surface area contributed by atoms with E-state index in [4.69, 9.17) is 0 Å². The molecular weight excluding hydrogens is 204 g/mol. The van der Waals surface area contributed by atoms with Crippen LogP contribution in [0.4, 0.5) is 4.79 Å². The van der Waals surface area contributed by atoms with Crippen LogP contribution >= 0.6 is 0 Å². The van der Waals surface area contributed by atoms with E-state index < -0.39 is 0 Å². The number of hydrogen-bond donors (Lipinski definition) is 0. The first-order valence-electron chi connectivity index (χ1n) is 6.01. The molecule has 0 heterocycles. The van der Waals surface area contributed by atoms with Gasteiger partial charge in [0.05, 0.1) is 0 Å². The normalized spacial score (nSPS) is 17.2. The van der Waals surface area contributed by atoms with Crippen LogP contribution in [0.25, 0.3) is 0 Å². The monoisotopic (exact) mass is 225 g/mol. The van der Waals surface area contributed by atoms with Crippen LogP contribution in [-0.4, -0.2) is 41.4 Å². The number of carbonyl (C=O) groups excluding carboxylic acids is 2. The molecule has 0 spiro atoms. The van der Waals surface area contributed by atoms with Gasteiger partial charge in [-0.05, 0) is 26.7 Å². The summed E-state index contributed by atoms with van der Waals surface area (Å²) in [6.07, 6.45) is 7.34. The Hall–Kier alpha value is -1.06. The number of carbonyl (C=O) groups is 1. The zero-order valence-corrected chi connectivity index (χ0v) is 10.4. The minimum atomic E-state index is -0.225. The first kappa shape index (κ1) is 13.0. The van der Waals surface area contributed by atoms with E-state index >= 15 is 0 Å². The number of urea groups is 1. The van der Waals surface area contributed by atoms with Gasteiger partial charge in [-0.2, -0.15) is 0 Å². The minimum absolute atomic E-state index is 0.131. The highest BCUT2D eigenvalue weighted by atomic mass is 16.2. The van der Waals surface area contributed by atoms with Crippen LogP contribution in [0.15, 0.2) is 0 Å². The summed E-state index contributed by atoms with van der Waals surface area (Å²) in [4.78, 5) is 25.3. The van der Waals surface area contributed by atoms with Gasteiger partial charge in [-0.25, -0.2) is 4.79 Å². The Bertz CT molecular complexity index is 247. The third-order valence-electron chi connectivity index (χ3n) is 3.17. The third-order valence-corrected chi connectivity index (χ3v) is 3.17. The molecule has 0 saturated heterocycles. The molecule has 0 aromatic carbocycles. The molecule has 1 rings (SSSR count). The van der Waals surface area contributed by atoms with E-state index in [9.17, 15) is 9.59 Å². The van der Waals surface area contributed by atoms with Gasteiger partial charge >= 0.3 is 12.4 Å². The third kappa shape index (κ3) is 2.97. The highest BCUT2D eigenvalue weighted by molar-refractivity contribution is 5.85. The molecule has 0 N–H and O–H groups in total. The molecule has 1 aliphatic rings. The average molecular weight is 225 g/mol. The molecule has 16 heavy (non-hydrogen) atoms. The number of amides is 3. The van der Waals surface area contributed by atoms with Crippen molar-refractivity contribution in [3.8, 4) is 0 Å². The summed E-state index contributed by atoms with van der Waals surface area (Å²) in [5.41, 5.74) is 0. The molecule has 1 fully saturated rings. The molecular formula is C12H21N2O2. The number of imide groups is 1. The van der Waals surface area contributed by atoms with E-state index in [1.54, 1.807) is 6.41 Å². The highest BCUT2D eigenvalue weighted by Gasteiger charge is 2.29. The van der Waals surface area contributed by atoms with Crippen molar-refractivity contribution in [2.45, 2.75) is 58.0 Å². The highest BCUT2D eigenvalue weighted by Crippen LogP contribution is 2.24. The number of nitrogens with zero attached hydrogens (tertiary/aromatic N) is 2. The summed E-state index contributed by atoms with van der Waals surface area (Å²) >= 11 is 0. The maximum absolute atomic E-state index is 12.0. The minimum Gasteiger partial charge on any atom is -0.319 e. The summed E-state index contributed by atoms with van der Waals surface area (Å²) < 4.78 is 0. The lowest BCUT2D eigenvalue weighted by Crippen LogP contribution is -2.50. The van der Waals surface area contributed by atoms with Gasteiger partial charge in [0.2, 0.25) is 0 Å². The second-order valence-electron chi connectivity index (χ2n) is 4.73. The fourth-order valence-electron chi connectivity index (χ4n) is 2.37. The molecule has 91 valence electrons. The van der Waals surface area contributed by atoms with Gasteiger partial charge in [-0.1, -0.05) is 19.3 Å². The smallest absolute Gasteiger partial charge is 0.319 e. The molecule has 4 heteroatoms. The summed E-state index contributed by atoms with van der Waals surface area (Å²) in [5.74, 6) is 0. The van der Waals surface area contributed by atoms with Gasteiger partial charge in [0, 0.05) is 19.1 Å². The molecule has 0 aromatic rings. The van der Waals surface area contributed by atoms with E-state index in [0.717, 1.165) is 17.7 Å². The van der Waals surface area contributed by atoms with E-state index in [2.05, 4.69) is 0 Å². The van der Waals surface area contributed by atoms with Crippen LogP contribution in [0, 0.1) is 0 Å². The van der Waals surface area contributed by atoms with Crippen LogP contribution < -0.4 is 0 Å². The van der Waals surface area contributed by atoms with Crippen LogP contribution in [-0.2, 0) is 4.79 Å². The summed E-state index contributed by atoms with van der Waals surface area (Å²) in [6.45, 7) is 3.98. The molecule has 3 amide bonds. The summed E-state index contributed by atoms with van der Waals surface area (Å²) in [5, 5.41) is 0. The molecule has 0 aliphatic heterocycles. The molecule has 0 aromatic heterocycles. The van der Waals surface area contributed by atoms with Gasteiger partial charge in [-0.3, -0.25) is 9.69 Å². The van der Waals surface area contributed by atoms with Gasteiger partial charge < -0.3 is 4.90 Å². The maximum atomic E-state index is 12.0. The van der Waals surface area contributed by atoms with Crippen molar-refractivity contribution in [2.75, 3.05) is 7.05 Å². The van der Waals surface area contributed by atoms with Crippen molar-refractivity contribution in [1.82, 2.24) is 9.80 Å². The average Bonchev–Trinajstić information content (AvgIpc) is 2.29. The predicted molar refractivity (Wildman–Crippen MR) is 62.7 cm³/mol. The molecule has 0 atom stereocenters. The second-order valence-corrected chi connectivity index (χ2v) is 4.73. The van der Waals surface area contributed by atoms with Crippen LogP contribution in [0.2, 0.25) is 0 Å². The lowest BCUT2D eigenvalue weighted by molar-refractivity contribution is 0.120. The lowest BCUT2D eigenvalue weighted by Gasteiger charge is -2.38. The van der Waals surface area contributed by atoms with Crippen molar-refractivity contribution >= 4 is 12.4 Å². The van der Waals surface area contributed by atoms with Crippen molar-refractivity contribution in [1.29, 1.82) is 0 Å². The van der Waals surface area contributed by atoms with E-state index in [1.165, 1.54) is 26.3 Å². The van der Waals surface area contributed by atoms with E-state index in [-0.39, 0.29) is 18.1 Å². The van der Waals surface area contributed by atoms with Gasteiger partial charge in [-0.15, -0.1) is 0 Å². The van der Waals surface area contributed by atoms with Gasteiger partial charge in [0.25, 0.3) is 0 Å². The Labute approximate surface area is 97.6 Å². The number of rotatable bonds is 3. The SMILES string of the molecule is CC(C)N(C(=O)N(C)[C]=O)C1CCCCC1. The quantitative estimate of drug-likeness (QED) is 0.690. The lowest BCUT2D eigenvalue weighted by atomic mass is 9.93. The summed E-state index contributed by atoms with van der Waals surface area (Å²) in [7, 11) is 1.47. The Morgan fingerprint density at radius 3 is 2.25 bits per heavy atom. The largest absolute Gasteiger partial charge is 0.327 e. The van der Waals surface area contributed by atoms with E-state index in [1.807, 2.05) is 18.7 Å². The van der Waals surface area contributed by atoms with E-state index in [0.29, 0.717) is 0 Å². The first-order valence-corrected chi connectivity index (χ1v) is 6.01. The molecule has 4 nitrogen and oxygen atoms in total. The molecule has 1 aliphatic carbocycles. The van der Waals surface area contributed by atoms with Crippen LogP contribution in [0.1, 0.15) is 46.0 Å². The fraction of sp³-hybridized carbons (Fsp3) is 0.833. The molecule has 1 radical (unpaired) electrons. The molecule has 0 bridgehead atoms. The Morgan fingerprint density at radius 1 is 1.25 bits per heavy atom. The van der Waals surface area contributed by atoms with Crippen molar-refractivity contribution in [3.63, 3.8) is 0 Å². The van der Waals surface area contributed by atoms with Gasteiger partial charge in [0.1, 0.15) is 0 Å². The number of hydrogen-bond acceptors (Lipinski definition) is 2. The zero-order chi connectivity index (χ0) is 12.1. The molecule has 1 saturated carbocycles. The van der Waals surface area contributed by atoms with Crippen molar-refractivity contribution < 1.29 is 9.59 Å². The maximum Gasteiger partial charge on any atom is 0.327 e. The Morgan fingerprint density at radius 2 is 1.81 bits per heavy atom. The van der Waals surface area contributed by atoms with Gasteiger partial charge in [0.15, 0.2) is 0 Å². The van der Waals surface area contributed by atoms with Crippen LogP contribution in [0.5, 0.6) is 0 Å². The predicted octanol–water partition coefficient (Wildman–Crippen LogP) is 2.15. The van der Waals surface area contributed by atoms with Crippen molar-refractivity contribution in [2.24, 2.45) is 0 Å².